The molecule has 1 aromatic heterocycles. The Balaban J connectivity index is 1.77. The second-order valence-electron chi connectivity index (χ2n) is 6.53. The monoisotopic (exact) mass is 332 g/mol. The lowest BCUT2D eigenvalue weighted by Gasteiger charge is -2.14. The number of halogens is 1. The number of fused-ring (bicyclic) bond motifs is 1. The first-order valence-electron chi connectivity index (χ1n) is 8.76. The van der Waals surface area contributed by atoms with E-state index in [2.05, 4.69) is 16.8 Å². The third kappa shape index (κ3) is 3.55. The number of rotatable bonds is 4. The van der Waals surface area contributed by atoms with E-state index in [0.29, 0.717) is 10.9 Å². The molecule has 2 aromatic rings. The average molecular weight is 333 g/mol. The molecule has 1 aromatic carbocycles. The molecule has 1 N–H and O–H groups in total. The molecule has 1 saturated carbocycles. The van der Waals surface area contributed by atoms with Crippen molar-refractivity contribution < 1.29 is 4.79 Å². The first-order valence-corrected chi connectivity index (χ1v) is 9.14. The SMILES string of the molecule is CCn1cc(C(=O)NCC2CCCCCC2)c2cccc(Cl)c21. The van der Waals surface area contributed by atoms with E-state index < -0.39 is 0 Å². The summed E-state index contributed by atoms with van der Waals surface area (Å²) in [5.41, 5.74) is 1.69. The van der Waals surface area contributed by atoms with Gasteiger partial charge in [0.1, 0.15) is 0 Å². The predicted molar refractivity (Wildman–Crippen MR) is 96.1 cm³/mol. The Morgan fingerprint density at radius 2 is 2.00 bits per heavy atom. The van der Waals surface area contributed by atoms with Crippen LogP contribution in [0.4, 0.5) is 0 Å². The average Bonchev–Trinajstić information content (AvgIpc) is 2.75. The van der Waals surface area contributed by atoms with Crippen LogP contribution in [-0.2, 0) is 6.54 Å². The zero-order valence-electron chi connectivity index (χ0n) is 13.8. The number of amides is 1. The molecule has 1 amide bonds. The van der Waals surface area contributed by atoms with Crippen LogP contribution in [0, 0.1) is 5.92 Å². The number of para-hydroxylation sites is 1. The number of hydrogen-bond donors (Lipinski definition) is 1. The van der Waals surface area contributed by atoms with Gasteiger partial charge in [-0.25, -0.2) is 0 Å². The third-order valence-corrected chi connectivity index (χ3v) is 5.27. The van der Waals surface area contributed by atoms with Crippen LogP contribution in [0.15, 0.2) is 24.4 Å². The fourth-order valence-corrected chi connectivity index (χ4v) is 3.93. The van der Waals surface area contributed by atoms with Gasteiger partial charge in [-0.2, -0.15) is 0 Å². The van der Waals surface area contributed by atoms with Crippen LogP contribution in [-0.4, -0.2) is 17.0 Å². The summed E-state index contributed by atoms with van der Waals surface area (Å²) in [6, 6.07) is 5.77. The molecular weight excluding hydrogens is 308 g/mol. The van der Waals surface area contributed by atoms with Gasteiger partial charge in [0.2, 0.25) is 0 Å². The molecule has 1 fully saturated rings. The second-order valence-corrected chi connectivity index (χ2v) is 6.94. The minimum atomic E-state index is 0.0220. The van der Waals surface area contributed by atoms with Crippen LogP contribution in [0.2, 0.25) is 5.02 Å². The molecule has 3 rings (SSSR count). The first-order chi connectivity index (χ1) is 11.2. The third-order valence-electron chi connectivity index (χ3n) is 4.96. The molecule has 23 heavy (non-hydrogen) atoms. The van der Waals surface area contributed by atoms with Crippen LogP contribution in [0.5, 0.6) is 0 Å². The maximum absolute atomic E-state index is 12.7. The summed E-state index contributed by atoms with van der Waals surface area (Å²) in [5, 5.41) is 4.79. The highest BCUT2D eigenvalue weighted by atomic mass is 35.5. The van der Waals surface area contributed by atoms with Gasteiger partial charge < -0.3 is 9.88 Å². The van der Waals surface area contributed by atoms with Gasteiger partial charge in [-0.1, -0.05) is 49.4 Å². The lowest BCUT2D eigenvalue weighted by atomic mass is 10.0. The summed E-state index contributed by atoms with van der Waals surface area (Å²) in [6.07, 6.45) is 9.68. The molecular formula is C19H25ClN2O. The number of benzene rings is 1. The van der Waals surface area contributed by atoms with E-state index in [0.717, 1.165) is 29.6 Å². The van der Waals surface area contributed by atoms with Crippen molar-refractivity contribution >= 4 is 28.4 Å². The fourth-order valence-electron chi connectivity index (χ4n) is 3.65. The molecule has 1 aliphatic carbocycles. The quantitative estimate of drug-likeness (QED) is 0.784. The molecule has 0 saturated heterocycles. The van der Waals surface area contributed by atoms with Gasteiger partial charge in [0.25, 0.3) is 5.91 Å². The van der Waals surface area contributed by atoms with E-state index >= 15 is 0 Å². The Bertz CT molecular complexity index is 684. The summed E-state index contributed by atoms with van der Waals surface area (Å²) in [5.74, 6) is 0.651. The van der Waals surface area contributed by atoms with Crippen molar-refractivity contribution in [1.82, 2.24) is 9.88 Å². The number of nitrogens with one attached hydrogen (secondary N) is 1. The van der Waals surface area contributed by atoms with Crippen LogP contribution in [0.25, 0.3) is 10.9 Å². The van der Waals surface area contributed by atoms with E-state index in [4.69, 9.17) is 11.6 Å². The molecule has 1 aliphatic rings. The normalized spacial score (nSPS) is 16.4. The number of carbonyl (C=O) groups excluding carboxylic acids is 1. The smallest absolute Gasteiger partial charge is 0.253 e. The number of hydrogen-bond acceptors (Lipinski definition) is 1. The van der Waals surface area contributed by atoms with Gasteiger partial charge in [-0.05, 0) is 31.7 Å². The Labute approximate surface area is 143 Å². The molecule has 0 aliphatic heterocycles. The van der Waals surface area contributed by atoms with E-state index in [1.807, 2.05) is 24.4 Å². The van der Waals surface area contributed by atoms with E-state index in [1.165, 1.54) is 38.5 Å². The van der Waals surface area contributed by atoms with Crippen molar-refractivity contribution in [3.8, 4) is 0 Å². The van der Waals surface area contributed by atoms with Gasteiger partial charge in [0.15, 0.2) is 0 Å². The molecule has 0 radical (unpaired) electrons. The maximum Gasteiger partial charge on any atom is 0.253 e. The standard InChI is InChI=1S/C19H25ClN2O/c1-2-22-13-16(15-10-7-11-17(20)18(15)22)19(23)21-12-14-8-5-3-4-6-9-14/h7,10-11,13-14H,2-6,8-9,12H2,1H3,(H,21,23). The zero-order chi connectivity index (χ0) is 16.2. The number of aryl methyl sites for hydroxylation is 1. The molecule has 1 heterocycles. The van der Waals surface area contributed by atoms with Crippen molar-refractivity contribution in [2.24, 2.45) is 5.92 Å². The van der Waals surface area contributed by atoms with Gasteiger partial charge >= 0.3 is 0 Å². The molecule has 0 bridgehead atoms. The van der Waals surface area contributed by atoms with Gasteiger partial charge in [-0.3, -0.25) is 4.79 Å². The van der Waals surface area contributed by atoms with Crippen molar-refractivity contribution in [1.29, 1.82) is 0 Å². The molecule has 4 heteroatoms. The zero-order valence-corrected chi connectivity index (χ0v) is 14.5. The van der Waals surface area contributed by atoms with Crippen LogP contribution in [0.1, 0.15) is 55.8 Å². The summed E-state index contributed by atoms with van der Waals surface area (Å²) in [7, 11) is 0. The Hall–Kier alpha value is -1.48. The molecule has 3 nitrogen and oxygen atoms in total. The molecule has 124 valence electrons. The van der Waals surface area contributed by atoms with Crippen molar-refractivity contribution in [2.45, 2.75) is 52.0 Å². The first kappa shape index (κ1) is 16.4. The minimum absolute atomic E-state index is 0.0220. The highest BCUT2D eigenvalue weighted by Gasteiger charge is 2.18. The van der Waals surface area contributed by atoms with Gasteiger partial charge in [-0.15, -0.1) is 0 Å². The Kier molecular flexibility index (Phi) is 5.27. The number of carbonyl (C=O) groups is 1. The van der Waals surface area contributed by atoms with E-state index in [9.17, 15) is 4.79 Å². The number of aromatic nitrogens is 1. The largest absolute Gasteiger partial charge is 0.352 e. The van der Waals surface area contributed by atoms with Gasteiger partial charge in [0.05, 0.1) is 16.1 Å². The Morgan fingerprint density at radius 3 is 2.70 bits per heavy atom. The molecule has 0 atom stereocenters. The lowest BCUT2D eigenvalue weighted by Crippen LogP contribution is -2.29. The Morgan fingerprint density at radius 1 is 1.26 bits per heavy atom. The lowest BCUT2D eigenvalue weighted by molar-refractivity contribution is 0.0947. The molecule has 0 unspecified atom stereocenters. The highest BCUT2D eigenvalue weighted by molar-refractivity contribution is 6.35. The highest BCUT2D eigenvalue weighted by Crippen LogP contribution is 2.28. The maximum atomic E-state index is 12.7. The van der Waals surface area contributed by atoms with Crippen molar-refractivity contribution in [3.63, 3.8) is 0 Å². The topological polar surface area (TPSA) is 34.0 Å². The second kappa shape index (κ2) is 7.39. The van der Waals surface area contributed by atoms with Gasteiger partial charge in [0, 0.05) is 24.7 Å². The molecule has 0 spiro atoms. The fraction of sp³-hybridized carbons (Fsp3) is 0.526. The number of nitrogens with zero attached hydrogens (tertiary/aromatic N) is 1. The summed E-state index contributed by atoms with van der Waals surface area (Å²) < 4.78 is 2.05. The summed E-state index contributed by atoms with van der Waals surface area (Å²) >= 11 is 6.32. The predicted octanol–water partition coefficient (Wildman–Crippen LogP) is 5.01. The van der Waals surface area contributed by atoms with Crippen LogP contribution < -0.4 is 5.32 Å². The summed E-state index contributed by atoms with van der Waals surface area (Å²) in [4.78, 5) is 12.7. The van der Waals surface area contributed by atoms with Crippen molar-refractivity contribution in [3.05, 3.63) is 35.0 Å². The minimum Gasteiger partial charge on any atom is -0.352 e. The van der Waals surface area contributed by atoms with E-state index in [-0.39, 0.29) is 5.91 Å². The van der Waals surface area contributed by atoms with E-state index in [1.54, 1.807) is 0 Å². The van der Waals surface area contributed by atoms with Crippen LogP contribution in [0.3, 0.4) is 0 Å². The van der Waals surface area contributed by atoms with Crippen molar-refractivity contribution in [2.75, 3.05) is 6.54 Å². The summed E-state index contributed by atoms with van der Waals surface area (Å²) in [6.45, 7) is 3.66. The van der Waals surface area contributed by atoms with Crippen LogP contribution >= 0.6 is 11.6 Å².